The highest BCUT2D eigenvalue weighted by Crippen LogP contribution is 2.22. The molecule has 4 aromatic rings. The van der Waals surface area contributed by atoms with Gasteiger partial charge in [-0.1, -0.05) is 48.5 Å². The lowest BCUT2D eigenvalue weighted by molar-refractivity contribution is -0.141. The maximum atomic E-state index is 12.3. The van der Waals surface area contributed by atoms with E-state index in [0.29, 0.717) is 11.1 Å². The second-order valence-corrected chi connectivity index (χ2v) is 7.29. The number of aryl methyl sites for hydroxylation is 2. The van der Waals surface area contributed by atoms with Crippen molar-refractivity contribution in [3.63, 3.8) is 0 Å². The Balaban J connectivity index is 1.54. The number of carbonyl (C=O) groups excluding carboxylic acids is 1. The molecule has 6 heteroatoms. The fourth-order valence-electron chi connectivity index (χ4n) is 3.72. The summed E-state index contributed by atoms with van der Waals surface area (Å²) in [5.41, 5.74) is 6.10. The zero-order valence-corrected chi connectivity index (χ0v) is 17.1. The predicted molar refractivity (Wildman–Crippen MR) is 119 cm³/mol. The third-order valence-corrected chi connectivity index (χ3v) is 5.38. The summed E-state index contributed by atoms with van der Waals surface area (Å²) >= 11 is 0. The van der Waals surface area contributed by atoms with Gasteiger partial charge < -0.3 is 9.72 Å². The van der Waals surface area contributed by atoms with Crippen molar-refractivity contribution in [1.82, 2.24) is 9.55 Å². The van der Waals surface area contributed by atoms with Crippen LogP contribution < -0.4 is 5.69 Å². The van der Waals surface area contributed by atoms with Gasteiger partial charge in [-0.25, -0.2) is 4.79 Å². The molecule has 6 nitrogen and oxygen atoms in total. The zero-order valence-electron chi connectivity index (χ0n) is 17.1. The molecule has 31 heavy (non-hydrogen) atoms. The number of imidazole rings is 1. The summed E-state index contributed by atoms with van der Waals surface area (Å²) in [4.78, 5) is 26.9. The number of nitrogens with zero attached hydrogens (tertiary/aromatic N) is 2. The number of hydrogen-bond donors (Lipinski definition) is 1. The molecular formula is C25H21N3O3. The summed E-state index contributed by atoms with van der Waals surface area (Å²) in [5.74, 6) is -0.462. The lowest BCUT2D eigenvalue weighted by atomic mass is 9.99. The Morgan fingerprint density at radius 2 is 1.68 bits per heavy atom. The standard InChI is InChI=1S/C25H21N3O3/c1-31-23(29)16-28-24-21(3-2-4-22(24)27-25(28)30)14-7-17-5-10-19(11-6-17)20-12-8-18(15-26)9-13-20/h2-6,8-13H,7,14,16H2,1H3,(H,27,30). The van der Waals surface area contributed by atoms with E-state index in [9.17, 15) is 9.59 Å². The first-order valence-electron chi connectivity index (χ1n) is 9.96. The normalized spacial score (nSPS) is 10.7. The second kappa shape index (κ2) is 8.72. The molecule has 0 spiro atoms. The van der Waals surface area contributed by atoms with Gasteiger partial charge in [-0.2, -0.15) is 5.26 Å². The minimum Gasteiger partial charge on any atom is -0.468 e. The van der Waals surface area contributed by atoms with E-state index in [1.54, 1.807) is 0 Å². The Bertz CT molecular complexity index is 1320. The molecule has 0 bridgehead atoms. The Morgan fingerprint density at radius 1 is 1.00 bits per heavy atom. The van der Waals surface area contributed by atoms with Gasteiger partial charge in [-0.15, -0.1) is 0 Å². The molecule has 3 aromatic carbocycles. The molecule has 0 saturated carbocycles. The number of carbonyl (C=O) groups is 1. The van der Waals surface area contributed by atoms with Crippen LogP contribution in [0.3, 0.4) is 0 Å². The molecule has 1 N–H and O–H groups in total. The van der Waals surface area contributed by atoms with Gasteiger partial charge in [0.2, 0.25) is 0 Å². The topological polar surface area (TPSA) is 87.9 Å². The maximum absolute atomic E-state index is 12.3. The van der Waals surface area contributed by atoms with Gasteiger partial charge in [0, 0.05) is 0 Å². The molecule has 0 fully saturated rings. The molecule has 1 aromatic heterocycles. The summed E-state index contributed by atoms with van der Waals surface area (Å²) in [6, 6.07) is 23.7. The van der Waals surface area contributed by atoms with E-state index in [-0.39, 0.29) is 12.2 Å². The average Bonchev–Trinajstić information content (AvgIpc) is 3.13. The van der Waals surface area contributed by atoms with Gasteiger partial charge in [-0.05, 0) is 53.3 Å². The van der Waals surface area contributed by atoms with Crippen molar-refractivity contribution in [2.75, 3.05) is 7.11 Å². The first kappa shape index (κ1) is 20.2. The summed E-state index contributed by atoms with van der Waals surface area (Å²) in [5, 5.41) is 8.93. The number of ether oxygens (including phenoxy) is 1. The van der Waals surface area contributed by atoms with Gasteiger partial charge in [0.15, 0.2) is 0 Å². The number of rotatable bonds is 6. The molecule has 154 valence electrons. The number of aromatic amines is 1. The van der Waals surface area contributed by atoms with E-state index in [1.165, 1.54) is 17.2 Å². The number of nitrogens with one attached hydrogen (secondary N) is 1. The van der Waals surface area contributed by atoms with Crippen LogP contribution in [0.25, 0.3) is 22.2 Å². The number of hydrogen-bond acceptors (Lipinski definition) is 4. The fourth-order valence-corrected chi connectivity index (χ4v) is 3.72. The van der Waals surface area contributed by atoms with Crippen LogP contribution in [-0.4, -0.2) is 22.6 Å². The Morgan fingerprint density at radius 3 is 2.32 bits per heavy atom. The molecule has 0 aliphatic heterocycles. The van der Waals surface area contributed by atoms with Crippen molar-refractivity contribution in [3.8, 4) is 17.2 Å². The zero-order chi connectivity index (χ0) is 21.8. The Kier molecular flexibility index (Phi) is 5.67. The molecule has 0 radical (unpaired) electrons. The van der Waals surface area contributed by atoms with E-state index in [1.807, 2.05) is 42.5 Å². The molecule has 4 rings (SSSR count). The number of para-hydroxylation sites is 1. The summed E-state index contributed by atoms with van der Waals surface area (Å²) in [6.07, 6.45) is 1.52. The van der Waals surface area contributed by atoms with E-state index in [2.05, 4.69) is 35.3 Å². The van der Waals surface area contributed by atoms with Crippen molar-refractivity contribution in [2.24, 2.45) is 0 Å². The van der Waals surface area contributed by atoms with Crippen LogP contribution in [0.5, 0.6) is 0 Å². The highest BCUT2D eigenvalue weighted by atomic mass is 16.5. The maximum Gasteiger partial charge on any atom is 0.327 e. The van der Waals surface area contributed by atoms with E-state index >= 15 is 0 Å². The molecule has 0 aliphatic rings. The number of benzene rings is 3. The highest BCUT2D eigenvalue weighted by molar-refractivity contribution is 5.81. The fraction of sp³-hybridized carbons (Fsp3) is 0.160. The summed E-state index contributed by atoms with van der Waals surface area (Å²) in [7, 11) is 1.31. The molecule has 0 aliphatic carbocycles. The molecule has 1 heterocycles. The van der Waals surface area contributed by atoms with Crippen LogP contribution in [0.4, 0.5) is 0 Å². The van der Waals surface area contributed by atoms with Crippen molar-refractivity contribution in [3.05, 3.63) is 93.9 Å². The monoisotopic (exact) mass is 411 g/mol. The highest BCUT2D eigenvalue weighted by Gasteiger charge is 2.14. The minimum atomic E-state index is -0.462. The number of H-pyrrole nitrogens is 1. The third kappa shape index (κ3) is 4.26. The van der Waals surface area contributed by atoms with Gasteiger partial charge >= 0.3 is 11.7 Å². The van der Waals surface area contributed by atoms with Crippen LogP contribution in [0.2, 0.25) is 0 Å². The Labute approximate surface area is 179 Å². The van der Waals surface area contributed by atoms with Gasteiger partial charge in [-0.3, -0.25) is 9.36 Å². The van der Waals surface area contributed by atoms with Crippen LogP contribution >= 0.6 is 0 Å². The third-order valence-electron chi connectivity index (χ3n) is 5.38. The molecule has 0 unspecified atom stereocenters. The van der Waals surface area contributed by atoms with Gasteiger partial charge in [0.05, 0.1) is 29.8 Å². The van der Waals surface area contributed by atoms with Crippen molar-refractivity contribution in [2.45, 2.75) is 19.4 Å². The van der Waals surface area contributed by atoms with E-state index < -0.39 is 5.97 Å². The largest absolute Gasteiger partial charge is 0.468 e. The number of aromatic nitrogens is 2. The van der Waals surface area contributed by atoms with E-state index in [0.717, 1.165) is 35.0 Å². The molecule has 0 amide bonds. The van der Waals surface area contributed by atoms with Crippen molar-refractivity contribution >= 4 is 17.0 Å². The summed E-state index contributed by atoms with van der Waals surface area (Å²) in [6.45, 7) is -0.119. The van der Waals surface area contributed by atoms with Gasteiger partial charge in [0.1, 0.15) is 6.54 Å². The van der Waals surface area contributed by atoms with Crippen LogP contribution in [0.15, 0.2) is 71.5 Å². The SMILES string of the molecule is COC(=O)Cn1c(=O)[nH]c2cccc(CCc3ccc(-c4ccc(C#N)cc4)cc3)c21. The first-order chi connectivity index (χ1) is 15.1. The quantitative estimate of drug-likeness (QED) is 0.489. The lowest BCUT2D eigenvalue weighted by Crippen LogP contribution is -2.22. The molecule has 0 atom stereocenters. The summed E-state index contributed by atoms with van der Waals surface area (Å²) < 4.78 is 6.16. The number of nitriles is 1. The lowest BCUT2D eigenvalue weighted by Gasteiger charge is -2.09. The van der Waals surface area contributed by atoms with Crippen molar-refractivity contribution in [1.29, 1.82) is 5.26 Å². The average molecular weight is 411 g/mol. The minimum absolute atomic E-state index is 0.119. The number of esters is 1. The van der Waals surface area contributed by atoms with Crippen LogP contribution in [0, 0.1) is 11.3 Å². The predicted octanol–water partition coefficient (Wildman–Crippen LogP) is 3.83. The van der Waals surface area contributed by atoms with Crippen molar-refractivity contribution < 1.29 is 9.53 Å². The second-order valence-electron chi connectivity index (χ2n) is 7.29. The van der Waals surface area contributed by atoms with E-state index in [4.69, 9.17) is 10.00 Å². The first-order valence-corrected chi connectivity index (χ1v) is 9.96. The van der Waals surface area contributed by atoms with Gasteiger partial charge in [0.25, 0.3) is 0 Å². The molecular weight excluding hydrogens is 390 g/mol. The number of methoxy groups -OCH3 is 1. The number of fused-ring (bicyclic) bond motifs is 1. The smallest absolute Gasteiger partial charge is 0.327 e. The van der Waals surface area contributed by atoms with Crippen LogP contribution in [-0.2, 0) is 28.9 Å². The Hall–Kier alpha value is -4.11. The van der Waals surface area contributed by atoms with Crippen LogP contribution in [0.1, 0.15) is 16.7 Å². The molecule has 0 saturated heterocycles.